The second kappa shape index (κ2) is 5.89. The zero-order valence-electron chi connectivity index (χ0n) is 10.2. The number of nitrogens with zero attached hydrogens (tertiary/aromatic N) is 2. The maximum Gasteiger partial charge on any atom is 0.0970 e. The van der Waals surface area contributed by atoms with Crippen molar-refractivity contribution in [1.82, 2.24) is 14.9 Å². The molecule has 1 unspecified atom stereocenters. The fourth-order valence-corrected chi connectivity index (χ4v) is 2.35. The van der Waals surface area contributed by atoms with Gasteiger partial charge in [-0.15, -0.1) is 5.10 Å². The van der Waals surface area contributed by atoms with Gasteiger partial charge in [0.05, 0.1) is 11.7 Å². The van der Waals surface area contributed by atoms with Crippen molar-refractivity contribution in [3.05, 3.63) is 46.5 Å². The van der Waals surface area contributed by atoms with Crippen molar-refractivity contribution in [3.8, 4) is 0 Å². The average molecular weight is 247 g/mol. The molecule has 17 heavy (non-hydrogen) atoms. The predicted octanol–water partition coefficient (Wildman–Crippen LogP) is 2.94. The third-order valence-electron chi connectivity index (χ3n) is 2.77. The highest BCUT2D eigenvalue weighted by atomic mass is 32.1. The van der Waals surface area contributed by atoms with Crippen LogP contribution in [0.5, 0.6) is 0 Å². The Morgan fingerprint density at radius 3 is 2.82 bits per heavy atom. The molecule has 0 radical (unpaired) electrons. The summed E-state index contributed by atoms with van der Waals surface area (Å²) in [5.74, 6) is 0. The summed E-state index contributed by atoms with van der Waals surface area (Å²) in [6.45, 7) is 5.29. The third-order valence-corrected chi connectivity index (χ3v) is 3.29. The lowest BCUT2D eigenvalue weighted by Crippen LogP contribution is -2.24. The van der Waals surface area contributed by atoms with Crippen LogP contribution >= 0.6 is 11.5 Å². The van der Waals surface area contributed by atoms with Crippen LogP contribution in [0.15, 0.2) is 29.6 Å². The van der Waals surface area contributed by atoms with Crippen molar-refractivity contribution in [3.63, 3.8) is 0 Å². The predicted molar refractivity (Wildman–Crippen MR) is 71.2 cm³/mol. The van der Waals surface area contributed by atoms with Crippen molar-refractivity contribution >= 4 is 11.5 Å². The Balaban J connectivity index is 2.30. The molecule has 90 valence electrons. The SMILES string of the molecule is CCCNC(c1csnn1)c1ccccc1C. The number of hydrogen-bond donors (Lipinski definition) is 1. The summed E-state index contributed by atoms with van der Waals surface area (Å²) in [6.07, 6.45) is 1.11. The Bertz CT molecular complexity index is 453. The number of nitrogens with one attached hydrogen (secondary N) is 1. The van der Waals surface area contributed by atoms with Gasteiger partial charge in [-0.05, 0) is 42.5 Å². The summed E-state index contributed by atoms with van der Waals surface area (Å²) >= 11 is 1.40. The van der Waals surface area contributed by atoms with Crippen molar-refractivity contribution in [2.24, 2.45) is 0 Å². The molecule has 0 saturated heterocycles. The molecule has 2 rings (SSSR count). The topological polar surface area (TPSA) is 37.8 Å². The van der Waals surface area contributed by atoms with Crippen LogP contribution in [0.1, 0.15) is 36.2 Å². The second-order valence-corrected chi connectivity index (χ2v) is 4.68. The van der Waals surface area contributed by atoms with Gasteiger partial charge in [0.2, 0.25) is 0 Å². The first kappa shape index (κ1) is 12.2. The van der Waals surface area contributed by atoms with Gasteiger partial charge in [-0.1, -0.05) is 35.7 Å². The smallest absolute Gasteiger partial charge is 0.0970 e. The highest BCUT2D eigenvalue weighted by molar-refractivity contribution is 7.03. The lowest BCUT2D eigenvalue weighted by Gasteiger charge is -2.18. The number of hydrogen-bond acceptors (Lipinski definition) is 4. The van der Waals surface area contributed by atoms with Crippen LogP contribution in [0.3, 0.4) is 0 Å². The van der Waals surface area contributed by atoms with Crippen LogP contribution in [0.4, 0.5) is 0 Å². The molecule has 0 spiro atoms. The standard InChI is InChI=1S/C13H17N3S/c1-3-8-14-13(12-9-17-16-15-12)11-7-5-4-6-10(11)2/h4-7,9,13-14H,3,8H2,1-2H3. The normalized spacial score (nSPS) is 12.6. The maximum absolute atomic E-state index is 4.19. The molecule has 0 saturated carbocycles. The molecule has 1 N–H and O–H groups in total. The van der Waals surface area contributed by atoms with Crippen LogP contribution in [-0.2, 0) is 0 Å². The first-order valence-electron chi connectivity index (χ1n) is 5.88. The van der Waals surface area contributed by atoms with E-state index in [1.807, 2.05) is 5.38 Å². The van der Waals surface area contributed by atoms with Crippen molar-refractivity contribution in [2.75, 3.05) is 6.54 Å². The molecular formula is C13H17N3S. The van der Waals surface area contributed by atoms with E-state index in [9.17, 15) is 0 Å². The van der Waals surface area contributed by atoms with E-state index in [-0.39, 0.29) is 6.04 Å². The molecular weight excluding hydrogens is 230 g/mol. The number of benzene rings is 1. The van der Waals surface area contributed by atoms with Crippen LogP contribution in [0.2, 0.25) is 0 Å². The number of rotatable bonds is 5. The summed E-state index contributed by atoms with van der Waals surface area (Å²) in [5, 5.41) is 9.74. The molecule has 0 fully saturated rings. The van der Waals surface area contributed by atoms with E-state index in [4.69, 9.17) is 0 Å². The van der Waals surface area contributed by atoms with E-state index >= 15 is 0 Å². The van der Waals surface area contributed by atoms with Crippen molar-refractivity contribution in [1.29, 1.82) is 0 Å². The fourth-order valence-electron chi connectivity index (χ4n) is 1.87. The summed E-state index contributed by atoms with van der Waals surface area (Å²) in [4.78, 5) is 0. The first-order chi connectivity index (χ1) is 8.33. The van der Waals surface area contributed by atoms with E-state index in [2.05, 4.69) is 53.0 Å². The minimum Gasteiger partial charge on any atom is -0.305 e. The fraction of sp³-hybridized carbons (Fsp3) is 0.385. The van der Waals surface area contributed by atoms with E-state index < -0.39 is 0 Å². The van der Waals surface area contributed by atoms with Gasteiger partial charge in [0.25, 0.3) is 0 Å². The molecule has 0 aliphatic heterocycles. The molecule has 3 nitrogen and oxygen atoms in total. The van der Waals surface area contributed by atoms with Gasteiger partial charge in [0, 0.05) is 5.38 Å². The Kier molecular flexibility index (Phi) is 4.23. The molecule has 0 aliphatic carbocycles. The molecule has 0 bridgehead atoms. The Labute approximate surface area is 106 Å². The lowest BCUT2D eigenvalue weighted by molar-refractivity contribution is 0.583. The maximum atomic E-state index is 4.19. The summed E-state index contributed by atoms with van der Waals surface area (Å²) < 4.78 is 3.96. The van der Waals surface area contributed by atoms with E-state index in [0.717, 1.165) is 18.7 Å². The zero-order valence-corrected chi connectivity index (χ0v) is 11.0. The van der Waals surface area contributed by atoms with Gasteiger partial charge in [0.15, 0.2) is 0 Å². The van der Waals surface area contributed by atoms with E-state index in [0.29, 0.717) is 0 Å². The third kappa shape index (κ3) is 2.90. The largest absolute Gasteiger partial charge is 0.305 e. The van der Waals surface area contributed by atoms with Crippen molar-refractivity contribution < 1.29 is 0 Å². The van der Waals surface area contributed by atoms with Gasteiger partial charge < -0.3 is 5.32 Å². The second-order valence-electron chi connectivity index (χ2n) is 4.07. The molecule has 0 amide bonds. The molecule has 1 heterocycles. The molecule has 0 aliphatic rings. The molecule has 4 heteroatoms. The highest BCUT2D eigenvalue weighted by Crippen LogP contribution is 2.23. The lowest BCUT2D eigenvalue weighted by atomic mass is 9.99. The van der Waals surface area contributed by atoms with Gasteiger partial charge in [-0.2, -0.15) is 0 Å². The van der Waals surface area contributed by atoms with Gasteiger partial charge in [-0.3, -0.25) is 0 Å². The Morgan fingerprint density at radius 2 is 2.18 bits per heavy atom. The van der Waals surface area contributed by atoms with E-state index in [1.165, 1.54) is 22.7 Å². The van der Waals surface area contributed by atoms with E-state index in [1.54, 1.807) is 0 Å². The zero-order chi connectivity index (χ0) is 12.1. The highest BCUT2D eigenvalue weighted by Gasteiger charge is 2.17. The van der Waals surface area contributed by atoms with Gasteiger partial charge in [-0.25, -0.2) is 0 Å². The molecule has 1 aromatic heterocycles. The summed E-state index contributed by atoms with van der Waals surface area (Å²) in [5.41, 5.74) is 3.58. The minimum atomic E-state index is 0.162. The van der Waals surface area contributed by atoms with Crippen LogP contribution in [0, 0.1) is 6.92 Å². The van der Waals surface area contributed by atoms with Gasteiger partial charge in [0.1, 0.15) is 0 Å². The molecule has 2 aromatic rings. The van der Waals surface area contributed by atoms with Crippen LogP contribution in [0.25, 0.3) is 0 Å². The average Bonchev–Trinajstić information content (AvgIpc) is 2.85. The van der Waals surface area contributed by atoms with Gasteiger partial charge >= 0.3 is 0 Å². The van der Waals surface area contributed by atoms with Crippen molar-refractivity contribution in [2.45, 2.75) is 26.3 Å². The van der Waals surface area contributed by atoms with Crippen LogP contribution in [-0.4, -0.2) is 16.1 Å². The van der Waals surface area contributed by atoms with Crippen LogP contribution < -0.4 is 5.32 Å². The Morgan fingerprint density at radius 1 is 1.35 bits per heavy atom. The number of aryl methyl sites for hydroxylation is 1. The number of aromatic nitrogens is 2. The Hall–Kier alpha value is -1.26. The minimum absolute atomic E-state index is 0.162. The summed E-state index contributed by atoms with van der Waals surface area (Å²) in [6, 6.07) is 8.59. The molecule has 1 aromatic carbocycles. The monoisotopic (exact) mass is 247 g/mol. The summed E-state index contributed by atoms with van der Waals surface area (Å²) in [7, 11) is 0. The first-order valence-corrected chi connectivity index (χ1v) is 6.72. The quantitative estimate of drug-likeness (QED) is 0.882. The molecule has 1 atom stereocenters.